The Labute approximate surface area is 197 Å². The summed E-state index contributed by atoms with van der Waals surface area (Å²) in [6, 6.07) is 20.1. The highest BCUT2D eigenvalue weighted by Crippen LogP contribution is 2.31. The minimum Gasteiger partial charge on any atom is -0.493 e. The third-order valence-electron chi connectivity index (χ3n) is 4.84. The van der Waals surface area contributed by atoms with Crippen LogP contribution in [0.5, 0.6) is 17.2 Å². The van der Waals surface area contributed by atoms with Gasteiger partial charge >= 0.3 is 5.97 Å². The molecule has 1 heterocycles. The second kappa shape index (κ2) is 10.2. The van der Waals surface area contributed by atoms with Gasteiger partial charge in [-0.05, 0) is 60.5 Å². The average Bonchev–Trinajstić information content (AvgIpc) is 3.19. The van der Waals surface area contributed by atoms with Crippen LogP contribution in [0, 0.1) is 0 Å². The zero-order chi connectivity index (χ0) is 23.2. The van der Waals surface area contributed by atoms with Crippen LogP contribution < -0.4 is 14.2 Å². The molecule has 3 aromatic rings. The average molecular weight is 464 g/mol. The number of carbonyl (C=O) groups is 1. The molecule has 33 heavy (non-hydrogen) atoms. The standard InChI is InChI=1S/C26H22ClNO5/c1-3-31-22-7-5-4-6-20(22)25-28-21(26(29)33-25)14-18-10-13-23(24(15-18)30-2)32-16-17-8-11-19(27)12-9-17/h4-15H,3,16H2,1-2H3. The van der Waals surface area contributed by atoms with Crippen LogP contribution in [0.1, 0.15) is 23.6 Å². The SMILES string of the molecule is CCOc1ccccc1C1=NC(=Cc2ccc(OCc3ccc(Cl)cc3)c(OC)c2)C(=O)O1. The number of nitrogens with zero attached hydrogens (tertiary/aromatic N) is 1. The Morgan fingerprint density at radius 2 is 1.76 bits per heavy atom. The van der Waals surface area contributed by atoms with E-state index in [-0.39, 0.29) is 11.6 Å². The molecule has 0 aliphatic carbocycles. The normalized spacial score (nSPS) is 14.1. The Hall–Kier alpha value is -3.77. The van der Waals surface area contributed by atoms with E-state index < -0.39 is 5.97 Å². The molecule has 0 atom stereocenters. The number of benzene rings is 3. The summed E-state index contributed by atoms with van der Waals surface area (Å²) >= 11 is 5.93. The molecule has 0 unspecified atom stereocenters. The predicted molar refractivity (Wildman–Crippen MR) is 127 cm³/mol. The van der Waals surface area contributed by atoms with Crippen LogP contribution in [0.25, 0.3) is 6.08 Å². The van der Waals surface area contributed by atoms with Crippen LogP contribution in [0.15, 0.2) is 77.4 Å². The summed E-state index contributed by atoms with van der Waals surface area (Å²) in [5, 5.41) is 0.673. The highest BCUT2D eigenvalue weighted by atomic mass is 35.5. The summed E-state index contributed by atoms with van der Waals surface area (Å²) in [6.45, 7) is 2.75. The molecule has 0 amide bonds. The molecule has 0 fully saturated rings. The topological polar surface area (TPSA) is 66.3 Å². The lowest BCUT2D eigenvalue weighted by molar-refractivity contribution is -0.129. The molecule has 1 aliphatic rings. The Kier molecular flexibility index (Phi) is 6.95. The van der Waals surface area contributed by atoms with E-state index in [4.69, 9.17) is 30.5 Å². The zero-order valence-corrected chi connectivity index (χ0v) is 19.0. The molecule has 4 rings (SSSR count). The largest absolute Gasteiger partial charge is 0.493 e. The lowest BCUT2D eigenvalue weighted by Gasteiger charge is -2.11. The number of hydrogen-bond acceptors (Lipinski definition) is 6. The molecule has 0 N–H and O–H groups in total. The maximum Gasteiger partial charge on any atom is 0.363 e. The first-order chi connectivity index (χ1) is 16.1. The number of esters is 1. The van der Waals surface area contributed by atoms with Crippen LogP contribution in [0.2, 0.25) is 5.02 Å². The molecular formula is C26H22ClNO5. The molecule has 0 spiro atoms. The van der Waals surface area contributed by atoms with Gasteiger partial charge in [0.15, 0.2) is 17.2 Å². The van der Waals surface area contributed by atoms with Gasteiger partial charge in [0.05, 0.1) is 19.3 Å². The third kappa shape index (κ3) is 5.35. The highest BCUT2D eigenvalue weighted by Gasteiger charge is 2.26. The van der Waals surface area contributed by atoms with Gasteiger partial charge in [0, 0.05) is 5.02 Å². The number of hydrogen-bond donors (Lipinski definition) is 0. The predicted octanol–water partition coefficient (Wildman–Crippen LogP) is 5.67. The first kappa shape index (κ1) is 22.4. The van der Waals surface area contributed by atoms with E-state index in [2.05, 4.69) is 4.99 Å². The summed E-state index contributed by atoms with van der Waals surface area (Å²) in [5.74, 6) is 1.41. The monoisotopic (exact) mass is 463 g/mol. The van der Waals surface area contributed by atoms with Crippen LogP contribution >= 0.6 is 11.6 Å². The van der Waals surface area contributed by atoms with Crippen molar-refractivity contribution in [2.45, 2.75) is 13.5 Å². The number of methoxy groups -OCH3 is 1. The van der Waals surface area contributed by atoms with Gasteiger partial charge < -0.3 is 18.9 Å². The molecule has 3 aromatic carbocycles. The van der Waals surface area contributed by atoms with E-state index in [1.807, 2.05) is 55.5 Å². The van der Waals surface area contributed by atoms with Crippen molar-refractivity contribution in [3.05, 3.63) is 94.1 Å². The van der Waals surface area contributed by atoms with E-state index in [1.165, 1.54) is 0 Å². The summed E-state index contributed by atoms with van der Waals surface area (Å²) in [4.78, 5) is 16.8. The lowest BCUT2D eigenvalue weighted by atomic mass is 10.1. The number of aliphatic imine (C=N–C) groups is 1. The molecule has 6 nitrogen and oxygen atoms in total. The number of rotatable bonds is 8. The van der Waals surface area contributed by atoms with Gasteiger partial charge in [-0.2, -0.15) is 0 Å². The molecule has 7 heteroatoms. The van der Waals surface area contributed by atoms with Crippen LogP contribution in [-0.2, 0) is 16.1 Å². The molecule has 0 saturated heterocycles. The number of ether oxygens (including phenoxy) is 4. The molecular weight excluding hydrogens is 442 g/mol. The van der Waals surface area contributed by atoms with Crippen molar-refractivity contribution >= 4 is 29.5 Å². The smallest absolute Gasteiger partial charge is 0.363 e. The maximum atomic E-state index is 12.4. The summed E-state index contributed by atoms with van der Waals surface area (Å²) in [7, 11) is 1.56. The molecule has 0 saturated carbocycles. The van der Waals surface area contributed by atoms with E-state index in [1.54, 1.807) is 31.4 Å². The van der Waals surface area contributed by atoms with Crippen LogP contribution in [0.3, 0.4) is 0 Å². The zero-order valence-electron chi connectivity index (χ0n) is 18.2. The van der Waals surface area contributed by atoms with Crippen molar-refractivity contribution in [2.24, 2.45) is 4.99 Å². The fraction of sp³-hybridized carbons (Fsp3) is 0.154. The van der Waals surface area contributed by atoms with Crippen molar-refractivity contribution in [3.63, 3.8) is 0 Å². The van der Waals surface area contributed by atoms with E-state index in [0.29, 0.717) is 41.0 Å². The van der Waals surface area contributed by atoms with E-state index >= 15 is 0 Å². The van der Waals surface area contributed by atoms with Gasteiger partial charge in [-0.15, -0.1) is 0 Å². The van der Waals surface area contributed by atoms with Gasteiger partial charge in [0.1, 0.15) is 12.4 Å². The van der Waals surface area contributed by atoms with Crippen molar-refractivity contribution in [2.75, 3.05) is 13.7 Å². The minimum atomic E-state index is -0.529. The van der Waals surface area contributed by atoms with Crippen molar-refractivity contribution in [1.82, 2.24) is 0 Å². The Bertz CT molecular complexity index is 1220. The Morgan fingerprint density at radius 3 is 2.52 bits per heavy atom. The Morgan fingerprint density at radius 1 is 0.970 bits per heavy atom. The maximum absolute atomic E-state index is 12.4. The van der Waals surface area contributed by atoms with Crippen molar-refractivity contribution in [1.29, 1.82) is 0 Å². The number of halogens is 1. The highest BCUT2D eigenvalue weighted by molar-refractivity contribution is 6.30. The molecule has 0 bridgehead atoms. The fourth-order valence-corrected chi connectivity index (χ4v) is 3.37. The molecule has 0 radical (unpaired) electrons. The molecule has 0 aromatic heterocycles. The van der Waals surface area contributed by atoms with Gasteiger partial charge in [0.2, 0.25) is 5.90 Å². The van der Waals surface area contributed by atoms with Crippen molar-refractivity contribution in [3.8, 4) is 17.2 Å². The second-order valence-electron chi connectivity index (χ2n) is 7.09. The number of cyclic esters (lactones) is 1. The summed E-state index contributed by atoms with van der Waals surface area (Å²) in [5.41, 5.74) is 2.52. The fourth-order valence-electron chi connectivity index (χ4n) is 3.24. The van der Waals surface area contributed by atoms with Gasteiger partial charge in [-0.25, -0.2) is 9.79 Å². The minimum absolute atomic E-state index is 0.188. The summed E-state index contributed by atoms with van der Waals surface area (Å²) in [6.07, 6.45) is 1.64. The van der Waals surface area contributed by atoms with Gasteiger partial charge in [0.25, 0.3) is 0 Å². The third-order valence-corrected chi connectivity index (χ3v) is 5.09. The first-order valence-corrected chi connectivity index (χ1v) is 10.7. The van der Waals surface area contributed by atoms with Gasteiger partial charge in [-0.1, -0.05) is 41.9 Å². The molecule has 1 aliphatic heterocycles. The summed E-state index contributed by atoms with van der Waals surface area (Å²) < 4.78 is 22.4. The second-order valence-corrected chi connectivity index (χ2v) is 7.53. The number of para-hydroxylation sites is 1. The first-order valence-electron chi connectivity index (χ1n) is 10.4. The van der Waals surface area contributed by atoms with Crippen molar-refractivity contribution < 1.29 is 23.7 Å². The van der Waals surface area contributed by atoms with Crippen LogP contribution in [0.4, 0.5) is 0 Å². The Balaban J connectivity index is 1.54. The van der Waals surface area contributed by atoms with E-state index in [0.717, 1.165) is 11.1 Å². The quantitative estimate of drug-likeness (QED) is 0.318. The lowest BCUT2D eigenvalue weighted by Crippen LogP contribution is -2.07. The van der Waals surface area contributed by atoms with Crippen LogP contribution in [-0.4, -0.2) is 25.6 Å². The molecule has 168 valence electrons. The van der Waals surface area contributed by atoms with E-state index in [9.17, 15) is 4.79 Å². The number of carbonyl (C=O) groups excluding carboxylic acids is 1. The van der Waals surface area contributed by atoms with Gasteiger partial charge in [-0.3, -0.25) is 0 Å².